The molecule has 170 valence electrons. The molecule has 0 unspecified atom stereocenters. The van der Waals surface area contributed by atoms with Crippen molar-refractivity contribution in [1.82, 2.24) is 19.9 Å². The summed E-state index contributed by atoms with van der Waals surface area (Å²) in [4.78, 5) is 27.0. The summed E-state index contributed by atoms with van der Waals surface area (Å²) in [7, 11) is 0. The molecule has 33 heavy (non-hydrogen) atoms. The molecule has 2 bridgehead atoms. The number of aromatic nitrogens is 3. The second kappa shape index (κ2) is 7.77. The molecule has 1 amide bonds. The molecule has 0 spiro atoms. The number of ether oxygens (including phenoxy) is 2. The SMILES string of the molecule is Cc1nc(-c2c[nH]c3c(C#N)cccc23)cnc1O[C@H]1C[C@@H]2CC[C@H]1N2C(=O)OC(C)(C)C. The van der Waals surface area contributed by atoms with E-state index in [1.165, 1.54) is 0 Å². The van der Waals surface area contributed by atoms with Gasteiger partial charge in [0.25, 0.3) is 0 Å². The summed E-state index contributed by atoms with van der Waals surface area (Å²) in [5.74, 6) is 0.484. The minimum atomic E-state index is -0.524. The maximum atomic E-state index is 12.7. The molecule has 5 rings (SSSR count). The van der Waals surface area contributed by atoms with Crippen molar-refractivity contribution in [3.8, 4) is 23.2 Å². The third kappa shape index (κ3) is 3.78. The summed E-state index contributed by atoms with van der Waals surface area (Å²) in [6.07, 6.45) is 5.80. The minimum absolute atomic E-state index is 0.0104. The van der Waals surface area contributed by atoms with Crippen molar-refractivity contribution in [2.75, 3.05) is 0 Å². The topological polar surface area (TPSA) is 104 Å². The van der Waals surface area contributed by atoms with E-state index in [0.29, 0.717) is 22.8 Å². The zero-order valence-corrected chi connectivity index (χ0v) is 19.3. The van der Waals surface area contributed by atoms with Crippen LogP contribution in [0.3, 0.4) is 0 Å². The first-order valence-corrected chi connectivity index (χ1v) is 11.3. The van der Waals surface area contributed by atoms with Gasteiger partial charge < -0.3 is 14.5 Å². The number of aryl methyl sites for hydroxylation is 1. The fraction of sp³-hybridized carbons (Fsp3) is 0.440. The lowest BCUT2D eigenvalue weighted by molar-refractivity contribution is 0.0180. The molecule has 8 heteroatoms. The Morgan fingerprint density at radius 1 is 1.30 bits per heavy atom. The maximum absolute atomic E-state index is 12.7. The van der Waals surface area contributed by atoms with Crippen LogP contribution in [0.15, 0.2) is 30.6 Å². The van der Waals surface area contributed by atoms with Crippen LogP contribution in [0.5, 0.6) is 5.88 Å². The summed E-state index contributed by atoms with van der Waals surface area (Å²) >= 11 is 0. The van der Waals surface area contributed by atoms with Gasteiger partial charge in [0.2, 0.25) is 5.88 Å². The van der Waals surface area contributed by atoms with Crippen LogP contribution in [0.2, 0.25) is 0 Å². The van der Waals surface area contributed by atoms with E-state index in [2.05, 4.69) is 16.0 Å². The Morgan fingerprint density at radius 2 is 2.12 bits per heavy atom. The minimum Gasteiger partial charge on any atom is -0.471 e. The molecule has 3 aromatic rings. The summed E-state index contributed by atoms with van der Waals surface area (Å²) in [5, 5.41) is 10.3. The number of rotatable bonds is 3. The van der Waals surface area contributed by atoms with Gasteiger partial charge in [0, 0.05) is 29.6 Å². The first-order chi connectivity index (χ1) is 15.7. The highest BCUT2D eigenvalue weighted by molar-refractivity contribution is 5.97. The summed E-state index contributed by atoms with van der Waals surface area (Å²) < 4.78 is 11.9. The van der Waals surface area contributed by atoms with Crippen LogP contribution in [0.4, 0.5) is 4.79 Å². The molecule has 3 atom stereocenters. The van der Waals surface area contributed by atoms with Crippen molar-refractivity contribution < 1.29 is 14.3 Å². The highest BCUT2D eigenvalue weighted by atomic mass is 16.6. The Bertz CT molecular complexity index is 1270. The second-order valence-corrected chi connectivity index (χ2v) is 9.77. The summed E-state index contributed by atoms with van der Waals surface area (Å²) in [5.41, 5.74) is 3.15. The molecular weight excluding hydrogens is 418 g/mol. The molecule has 2 aromatic heterocycles. The Labute approximate surface area is 192 Å². The first-order valence-electron chi connectivity index (χ1n) is 11.3. The fourth-order valence-electron chi connectivity index (χ4n) is 4.98. The van der Waals surface area contributed by atoms with Gasteiger partial charge in [-0.3, -0.25) is 4.90 Å². The average molecular weight is 446 g/mol. The van der Waals surface area contributed by atoms with E-state index in [-0.39, 0.29) is 24.3 Å². The van der Waals surface area contributed by atoms with E-state index in [1.54, 1.807) is 12.3 Å². The third-order valence-electron chi connectivity index (χ3n) is 6.36. The van der Waals surface area contributed by atoms with Crippen molar-refractivity contribution in [3.05, 3.63) is 41.9 Å². The van der Waals surface area contributed by atoms with Crippen LogP contribution < -0.4 is 4.74 Å². The van der Waals surface area contributed by atoms with E-state index in [0.717, 1.165) is 35.7 Å². The number of H-pyrrole nitrogens is 1. The number of nitrogens with zero attached hydrogens (tertiary/aromatic N) is 4. The molecular formula is C25H27N5O3. The average Bonchev–Trinajstić information content (AvgIpc) is 3.46. The number of nitriles is 1. The van der Waals surface area contributed by atoms with Crippen LogP contribution in [-0.2, 0) is 4.74 Å². The van der Waals surface area contributed by atoms with Gasteiger partial charge in [0.15, 0.2) is 0 Å². The zero-order chi connectivity index (χ0) is 23.3. The van der Waals surface area contributed by atoms with E-state index in [4.69, 9.17) is 14.5 Å². The van der Waals surface area contributed by atoms with Gasteiger partial charge in [0.1, 0.15) is 23.5 Å². The Morgan fingerprint density at radius 3 is 2.85 bits per heavy atom. The third-order valence-corrected chi connectivity index (χ3v) is 6.36. The van der Waals surface area contributed by atoms with Gasteiger partial charge in [-0.15, -0.1) is 0 Å². The molecule has 2 aliphatic rings. The van der Waals surface area contributed by atoms with E-state index in [9.17, 15) is 10.1 Å². The lowest BCUT2D eigenvalue weighted by atomic mass is 9.98. The number of para-hydroxylation sites is 1. The predicted molar refractivity (Wildman–Crippen MR) is 123 cm³/mol. The van der Waals surface area contributed by atoms with Gasteiger partial charge in [0.05, 0.1) is 29.0 Å². The smallest absolute Gasteiger partial charge is 0.410 e. The fourth-order valence-corrected chi connectivity index (χ4v) is 4.98. The number of carbonyl (C=O) groups is 1. The van der Waals surface area contributed by atoms with Crippen LogP contribution in [0, 0.1) is 18.3 Å². The molecule has 1 aromatic carbocycles. The molecule has 8 nitrogen and oxygen atoms in total. The van der Waals surface area contributed by atoms with Crippen molar-refractivity contribution in [2.24, 2.45) is 0 Å². The number of amides is 1. The quantitative estimate of drug-likeness (QED) is 0.625. The Balaban J connectivity index is 1.35. The molecule has 4 heterocycles. The molecule has 0 radical (unpaired) electrons. The molecule has 0 saturated carbocycles. The van der Waals surface area contributed by atoms with Crippen molar-refractivity contribution in [2.45, 2.75) is 70.7 Å². The van der Waals surface area contributed by atoms with Crippen molar-refractivity contribution >= 4 is 17.0 Å². The first kappa shape index (κ1) is 21.3. The number of benzene rings is 1. The van der Waals surface area contributed by atoms with Crippen molar-refractivity contribution in [1.29, 1.82) is 5.26 Å². The lowest BCUT2D eigenvalue weighted by Crippen LogP contribution is -2.42. The number of hydrogen-bond donors (Lipinski definition) is 1. The monoisotopic (exact) mass is 445 g/mol. The van der Waals surface area contributed by atoms with Crippen LogP contribution in [0.25, 0.3) is 22.2 Å². The highest BCUT2D eigenvalue weighted by Crippen LogP contribution is 2.41. The highest BCUT2D eigenvalue weighted by Gasteiger charge is 2.51. The van der Waals surface area contributed by atoms with Gasteiger partial charge in [-0.1, -0.05) is 12.1 Å². The van der Waals surface area contributed by atoms with Crippen LogP contribution in [0.1, 0.15) is 51.3 Å². The standard InChI is InChI=1S/C25H27N5O3/c1-14-23(32-21-10-16-8-9-20(21)30(16)24(31)33-25(2,3)4)28-13-19(29-14)18-12-27-22-15(11-26)6-5-7-17(18)22/h5-7,12-13,16,20-21,27H,8-10H2,1-4H3/t16-,20+,21-/m0/s1. The van der Waals surface area contributed by atoms with Crippen LogP contribution in [-0.4, -0.2) is 49.7 Å². The van der Waals surface area contributed by atoms with Gasteiger partial charge in [-0.05, 0) is 46.6 Å². The van der Waals surface area contributed by atoms with Gasteiger partial charge in [-0.25, -0.2) is 14.8 Å². The lowest BCUT2D eigenvalue weighted by Gasteiger charge is -2.28. The normalized spacial score (nSPS) is 21.9. The maximum Gasteiger partial charge on any atom is 0.410 e. The molecule has 1 N–H and O–H groups in total. The summed E-state index contributed by atoms with van der Waals surface area (Å²) in [6.45, 7) is 7.52. The second-order valence-electron chi connectivity index (χ2n) is 9.77. The number of fused-ring (bicyclic) bond motifs is 3. The number of hydrogen-bond acceptors (Lipinski definition) is 6. The van der Waals surface area contributed by atoms with Gasteiger partial charge >= 0.3 is 6.09 Å². The largest absolute Gasteiger partial charge is 0.471 e. The zero-order valence-electron chi connectivity index (χ0n) is 19.3. The summed E-state index contributed by atoms with van der Waals surface area (Å²) in [6, 6.07) is 7.95. The van der Waals surface area contributed by atoms with Crippen molar-refractivity contribution in [3.63, 3.8) is 0 Å². The Hall–Kier alpha value is -3.60. The molecule has 2 fully saturated rings. The number of carbonyl (C=O) groups excluding carboxylic acids is 1. The Kier molecular flexibility index (Phi) is 5.00. The van der Waals surface area contributed by atoms with E-state index >= 15 is 0 Å². The molecule has 2 aliphatic heterocycles. The van der Waals surface area contributed by atoms with Crippen LogP contribution >= 0.6 is 0 Å². The number of aromatic amines is 1. The molecule has 2 saturated heterocycles. The van der Waals surface area contributed by atoms with E-state index < -0.39 is 5.60 Å². The van der Waals surface area contributed by atoms with Gasteiger partial charge in [-0.2, -0.15) is 5.26 Å². The predicted octanol–water partition coefficient (Wildman–Crippen LogP) is 4.72. The number of nitrogens with one attached hydrogen (secondary N) is 1. The van der Waals surface area contributed by atoms with E-state index in [1.807, 2.05) is 50.9 Å². The molecule has 0 aliphatic carbocycles.